The van der Waals surface area contributed by atoms with E-state index >= 15 is 0 Å². The number of aliphatic hydroxyl groups is 1. The molecule has 0 aromatic heterocycles. The summed E-state index contributed by atoms with van der Waals surface area (Å²) >= 11 is 0. The Morgan fingerprint density at radius 1 is 1.29 bits per heavy atom. The Labute approximate surface area is 88.1 Å². The Bertz CT molecular complexity index is 132. The van der Waals surface area contributed by atoms with Crippen LogP contribution in [0, 0.1) is 5.92 Å². The number of rotatable bonds is 6. The summed E-state index contributed by atoms with van der Waals surface area (Å²) in [7, 11) is 0. The third kappa shape index (κ3) is 4.97. The topological polar surface area (TPSA) is 32.3 Å². The van der Waals surface area contributed by atoms with E-state index in [4.69, 9.17) is 5.11 Å². The summed E-state index contributed by atoms with van der Waals surface area (Å²) in [6.07, 6.45) is 9.89. The molecule has 2 nitrogen and oxygen atoms in total. The molecule has 2 heteroatoms. The van der Waals surface area contributed by atoms with Gasteiger partial charge < -0.3 is 10.4 Å². The highest BCUT2D eigenvalue weighted by molar-refractivity contribution is 4.69. The highest BCUT2D eigenvalue weighted by Gasteiger charge is 2.13. The van der Waals surface area contributed by atoms with Gasteiger partial charge in [-0.25, -0.2) is 0 Å². The second-order valence-corrected chi connectivity index (χ2v) is 4.66. The van der Waals surface area contributed by atoms with Gasteiger partial charge in [-0.1, -0.05) is 32.1 Å². The highest BCUT2D eigenvalue weighted by Crippen LogP contribution is 2.27. The van der Waals surface area contributed by atoms with E-state index in [0.29, 0.717) is 6.04 Å². The average molecular weight is 199 g/mol. The van der Waals surface area contributed by atoms with Gasteiger partial charge in [0.05, 0.1) is 6.61 Å². The predicted molar refractivity (Wildman–Crippen MR) is 60.4 cm³/mol. The molecule has 0 saturated heterocycles. The van der Waals surface area contributed by atoms with Gasteiger partial charge in [0.2, 0.25) is 0 Å². The molecule has 1 unspecified atom stereocenters. The highest BCUT2D eigenvalue weighted by atomic mass is 16.3. The summed E-state index contributed by atoms with van der Waals surface area (Å²) < 4.78 is 0. The fourth-order valence-corrected chi connectivity index (χ4v) is 2.37. The number of nitrogens with one attached hydrogen (secondary N) is 1. The molecular weight excluding hydrogens is 174 g/mol. The van der Waals surface area contributed by atoms with Crippen LogP contribution >= 0.6 is 0 Å². The molecule has 0 aromatic rings. The van der Waals surface area contributed by atoms with Gasteiger partial charge in [-0.15, -0.1) is 0 Å². The number of hydrogen-bond acceptors (Lipinski definition) is 2. The standard InChI is InChI=1S/C12H25NO/c1-11(13-9-10-14)7-8-12-5-3-2-4-6-12/h11-14H,2-10H2,1H3. The summed E-state index contributed by atoms with van der Waals surface area (Å²) in [5.41, 5.74) is 0. The minimum Gasteiger partial charge on any atom is -0.395 e. The zero-order chi connectivity index (χ0) is 10.2. The maximum absolute atomic E-state index is 8.67. The van der Waals surface area contributed by atoms with Crippen molar-refractivity contribution in [1.82, 2.24) is 5.32 Å². The smallest absolute Gasteiger partial charge is 0.0556 e. The van der Waals surface area contributed by atoms with Crippen molar-refractivity contribution in [3.8, 4) is 0 Å². The van der Waals surface area contributed by atoms with E-state index in [-0.39, 0.29) is 6.61 Å². The van der Waals surface area contributed by atoms with Crippen molar-refractivity contribution >= 4 is 0 Å². The van der Waals surface area contributed by atoms with Gasteiger partial charge in [0, 0.05) is 12.6 Å². The molecule has 1 rings (SSSR count). The van der Waals surface area contributed by atoms with E-state index < -0.39 is 0 Å². The third-order valence-electron chi connectivity index (χ3n) is 3.34. The molecule has 0 aliphatic heterocycles. The van der Waals surface area contributed by atoms with Crippen LogP contribution in [0.1, 0.15) is 51.9 Å². The maximum Gasteiger partial charge on any atom is 0.0556 e. The van der Waals surface area contributed by atoms with Gasteiger partial charge in [0.15, 0.2) is 0 Å². The van der Waals surface area contributed by atoms with Crippen LogP contribution in [0.4, 0.5) is 0 Å². The SMILES string of the molecule is CC(CCC1CCCCC1)NCCO. The molecule has 1 aliphatic carbocycles. The molecule has 0 bridgehead atoms. The molecule has 1 atom stereocenters. The lowest BCUT2D eigenvalue weighted by Gasteiger charge is -2.23. The normalized spacial score (nSPS) is 21.0. The maximum atomic E-state index is 8.67. The van der Waals surface area contributed by atoms with Crippen LogP contribution in [-0.2, 0) is 0 Å². The molecule has 1 saturated carbocycles. The van der Waals surface area contributed by atoms with E-state index in [0.717, 1.165) is 12.5 Å². The van der Waals surface area contributed by atoms with Crippen molar-refractivity contribution < 1.29 is 5.11 Å². The van der Waals surface area contributed by atoms with Crippen LogP contribution in [0.25, 0.3) is 0 Å². The van der Waals surface area contributed by atoms with Crippen molar-refractivity contribution in [2.75, 3.05) is 13.2 Å². The zero-order valence-electron chi connectivity index (χ0n) is 9.47. The van der Waals surface area contributed by atoms with Crippen molar-refractivity contribution in [2.45, 2.75) is 57.9 Å². The van der Waals surface area contributed by atoms with Gasteiger partial charge >= 0.3 is 0 Å². The van der Waals surface area contributed by atoms with Gasteiger partial charge in [0.25, 0.3) is 0 Å². The summed E-state index contributed by atoms with van der Waals surface area (Å²) in [6.45, 7) is 3.22. The fourth-order valence-electron chi connectivity index (χ4n) is 2.37. The van der Waals surface area contributed by atoms with Crippen LogP contribution in [0.3, 0.4) is 0 Å². The Morgan fingerprint density at radius 2 is 2.00 bits per heavy atom. The fraction of sp³-hybridized carbons (Fsp3) is 1.00. The monoisotopic (exact) mass is 199 g/mol. The van der Waals surface area contributed by atoms with Crippen LogP contribution in [0.5, 0.6) is 0 Å². The Kier molecular flexibility index (Phi) is 6.20. The van der Waals surface area contributed by atoms with Gasteiger partial charge in [-0.05, 0) is 25.7 Å². The minimum absolute atomic E-state index is 0.258. The van der Waals surface area contributed by atoms with Crippen LogP contribution in [0.15, 0.2) is 0 Å². The molecule has 0 spiro atoms. The molecule has 0 amide bonds. The molecule has 84 valence electrons. The van der Waals surface area contributed by atoms with Crippen molar-refractivity contribution in [3.05, 3.63) is 0 Å². The summed E-state index contributed by atoms with van der Waals surface area (Å²) in [4.78, 5) is 0. The van der Waals surface area contributed by atoms with E-state index in [1.54, 1.807) is 0 Å². The first-order chi connectivity index (χ1) is 6.83. The Hall–Kier alpha value is -0.0800. The van der Waals surface area contributed by atoms with E-state index in [9.17, 15) is 0 Å². The van der Waals surface area contributed by atoms with Crippen molar-refractivity contribution in [3.63, 3.8) is 0 Å². The third-order valence-corrected chi connectivity index (χ3v) is 3.34. The quantitative estimate of drug-likeness (QED) is 0.688. The second-order valence-electron chi connectivity index (χ2n) is 4.66. The number of hydrogen-bond donors (Lipinski definition) is 2. The molecule has 14 heavy (non-hydrogen) atoms. The molecule has 0 radical (unpaired) electrons. The molecule has 2 N–H and O–H groups in total. The van der Waals surface area contributed by atoms with Crippen LogP contribution in [0.2, 0.25) is 0 Å². The molecular formula is C12H25NO. The lowest BCUT2D eigenvalue weighted by atomic mass is 9.85. The Balaban J connectivity index is 2.00. The Morgan fingerprint density at radius 3 is 2.64 bits per heavy atom. The summed E-state index contributed by atoms with van der Waals surface area (Å²) in [5, 5.41) is 12.0. The van der Waals surface area contributed by atoms with Crippen LogP contribution < -0.4 is 5.32 Å². The molecule has 1 fully saturated rings. The average Bonchev–Trinajstić information content (AvgIpc) is 2.25. The summed E-state index contributed by atoms with van der Waals surface area (Å²) in [6, 6.07) is 0.573. The van der Waals surface area contributed by atoms with E-state index in [1.807, 2.05) is 0 Å². The minimum atomic E-state index is 0.258. The molecule has 0 heterocycles. The van der Waals surface area contributed by atoms with Gasteiger partial charge in [-0.2, -0.15) is 0 Å². The first-order valence-electron chi connectivity index (χ1n) is 6.17. The lowest BCUT2D eigenvalue weighted by molar-refractivity contribution is 0.276. The molecule has 1 aliphatic rings. The van der Waals surface area contributed by atoms with Gasteiger partial charge in [0.1, 0.15) is 0 Å². The second kappa shape index (κ2) is 7.24. The lowest BCUT2D eigenvalue weighted by Crippen LogP contribution is -2.29. The first-order valence-corrected chi connectivity index (χ1v) is 6.17. The van der Waals surface area contributed by atoms with E-state index in [2.05, 4.69) is 12.2 Å². The summed E-state index contributed by atoms with van der Waals surface area (Å²) in [5.74, 6) is 0.988. The van der Waals surface area contributed by atoms with Crippen molar-refractivity contribution in [2.24, 2.45) is 5.92 Å². The van der Waals surface area contributed by atoms with Gasteiger partial charge in [-0.3, -0.25) is 0 Å². The van der Waals surface area contributed by atoms with Crippen LogP contribution in [-0.4, -0.2) is 24.3 Å². The van der Waals surface area contributed by atoms with E-state index in [1.165, 1.54) is 44.9 Å². The predicted octanol–water partition coefficient (Wildman–Crippen LogP) is 2.32. The first kappa shape index (κ1) is 12.0. The zero-order valence-corrected chi connectivity index (χ0v) is 9.47. The largest absolute Gasteiger partial charge is 0.395 e. The number of aliphatic hydroxyl groups excluding tert-OH is 1. The molecule has 0 aromatic carbocycles. The van der Waals surface area contributed by atoms with Crippen molar-refractivity contribution in [1.29, 1.82) is 0 Å².